The number of carbonyl (C=O) groups is 1. The van der Waals surface area contributed by atoms with Gasteiger partial charge in [0, 0.05) is 5.69 Å². The van der Waals surface area contributed by atoms with Crippen LogP contribution in [0, 0.1) is 0 Å². The Bertz CT molecular complexity index is 281. The number of rotatable bonds is 3. The SMILES string of the molecule is COC(=O)c1ccc(NCO)cc1. The smallest absolute Gasteiger partial charge is 0.337 e. The molecule has 0 aromatic heterocycles. The summed E-state index contributed by atoms with van der Waals surface area (Å²) in [5, 5.41) is 11.2. The van der Waals surface area contributed by atoms with Gasteiger partial charge in [0.25, 0.3) is 0 Å². The fourth-order valence-electron chi connectivity index (χ4n) is 0.933. The zero-order chi connectivity index (χ0) is 9.68. The number of hydrogen-bond donors (Lipinski definition) is 2. The summed E-state index contributed by atoms with van der Waals surface area (Å²) in [6, 6.07) is 6.65. The van der Waals surface area contributed by atoms with E-state index in [1.54, 1.807) is 24.3 Å². The lowest BCUT2D eigenvalue weighted by atomic mass is 10.2. The summed E-state index contributed by atoms with van der Waals surface area (Å²) in [6.07, 6.45) is 0. The number of ether oxygens (including phenoxy) is 1. The second kappa shape index (κ2) is 4.47. The predicted molar refractivity (Wildman–Crippen MR) is 48.5 cm³/mol. The molecule has 0 heterocycles. The predicted octanol–water partition coefficient (Wildman–Crippen LogP) is 0.835. The van der Waals surface area contributed by atoms with E-state index in [1.807, 2.05) is 0 Å². The van der Waals surface area contributed by atoms with Gasteiger partial charge in [-0.15, -0.1) is 0 Å². The van der Waals surface area contributed by atoms with E-state index in [0.717, 1.165) is 5.69 Å². The lowest BCUT2D eigenvalue weighted by Crippen LogP contribution is -2.02. The Kier molecular flexibility index (Phi) is 3.28. The van der Waals surface area contributed by atoms with Gasteiger partial charge in [-0.05, 0) is 24.3 Å². The van der Waals surface area contributed by atoms with E-state index in [0.29, 0.717) is 5.56 Å². The summed E-state index contributed by atoms with van der Waals surface area (Å²) in [7, 11) is 1.34. The van der Waals surface area contributed by atoms with Gasteiger partial charge in [0.05, 0.1) is 12.7 Å². The molecule has 0 aliphatic rings. The number of methoxy groups -OCH3 is 1. The monoisotopic (exact) mass is 181 g/mol. The first-order chi connectivity index (χ1) is 6.27. The summed E-state index contributed by atoms with van der Waals surface area (Å²) in [4.78, 5) is 11.0. The highest BCUT2D eigenvalue weighted by Gasteiger charge is 2.03. The lowest BCUT2D eigenvalue weighted by Gasteiger charge is -2.03. The highest BCUT2D eigenvalue weighted by atomic mass is 16.5. The number of esters is 1. The van der Waals surface area contributed by atoms with Crippen LogP contribution in [-0.2, 0) is 4.74 Å². The van der Waals surface area contributed by atoms with Gasteiger partial charge in [-0.25, -0.2) is 4.79 Å². The van der Waals surface area contributed by atoms with Gasteiger partial charge in [-0.2, -0.15) is 0 Å². The Labute approximate surface area is 76.1 Å². The maximum atomic E-state index is 11.0. The molecule has 1 rings (SSSR count). The third-order valence-electron chi connectivity index (χ3n) is 1.59. The van der Waals surface area contributed by atoms with Crippen LogP contribution >= 0.6 is 0 Å². The van der Waals surface area contributed by atoms with E-state index in [9.17, 15) is 4.79 Å². The number of aliphatic hydroxyl groups excluding tert-OH is 1. The lowest BCUT2D eigenvalue weighted by molar-refractivity contribution is 0.0601. The summed E-state index contributed by atoms with van der Waals surface area (Å²) < 4.78 is 4.53. The first-order valence-corrected chi connectivity index (χ1v) is 3.81. The molecule has 0 amide bonds. The van der Waals surface area contributed by atoms with Crippen LogP contribution < -0.4 is 5.32 Å². The van der Waals surface area contributed by atoms with Crippen molar-refractivity contribution in [3.63, 3.8) is 0 Å². The number of anilines is 1. The van der Waals surface area contributed by atoms with E-state index in [-0.39, 0.29) is 12.7 Å². The molecule has 0 radical (unpaired) electrons. The molecule has 0 spiro atoms. The van der Waals surface area contributed by atoms with Crippen molar-refractivity contribution in [3.05, 3.63) is 29.8 Å². The van der Waals surface area contributed by atoms with Crippen LogP contribution in [-0.4, -0.2) is 24.9 Å². The minimum Gasteiger partial charge on any atom is -0.465 e. The van der Waals surface area contributed by atoms with Gasteiger partial charge >= 0.3 is 5.97 Å². The Morgan fingerprint density at radius 3 is 2.54 bits per heavy atom. The maximum Gasteiger partial charge on any atom is 0.337 e. The summed E-state index contributed by atoms with van der Waals surface area (Å²) >= 11 is 0. The molecule has 0 bridgehead atoms. The van der Waals surface area contributed by atoms with Crippen LogP contribution in [0.3, 0.4) is 0 Å². The Morgan fingerprint density at radius 1 is 1.46 bits per heavy atom. The minimum atomic E-state index is -0.365. The van der Waals surface area contributed by atoms with Gasteiger partial charge in [0.15, 0.2) is 0 Å². The van der Waals surface area contributed by atoms with Gasteiger partial charge in [-0.3, -0.25) is 0 Å². The third kappa shape index (κ3) is 2.45. The van der Waals surface area contributed by atoms with Crippen LogP contribution in [0.5, 0.6) is 0 Å². The Hall–Kier alpha value is -1.55. The van der Waals surface area contributed by atoms with Crippen molar-refractivity contribution in [2.45, 2.75) is 0 Å². The molecule has 1 aromatic rings. The normalized spacial score (nSPS) is 9.38. The molecule has 0 aliphatic carbocycles. The molecule has 0 atom stereocenters. The van der Waals surface area contributed by atoms with Gasteiger partial charge in [0.2, 0.25) is 0 Å². The van der Waals surface area contributed by atoms with Crippen LogP contribution in [0.15, 0.2) is 24.3 Å². The van der Waals surface area contributed by atoms with Crippen molar-refractivity contribution in [1.82, 2.24) is 0 Å². The number of aliphatic hydroxyl groups is 1. The summed E-state index contributed by atoms with van der Waals surface area (Å²) in [5.41, 5.74) is 1.25. The fraction of sp³-hybridized carbons (Fsp3) is 0.222. The van der Waals surface area contributed by atoms with Gasteiger partial charge in [0.1, 0.15) is 6.73 Å². The number of nitrogens with one attached hydrogen (secondary N) is 1. The highest BCUT2D eigenvalue weighted by molar-refractivity contribution is 5.89. The average Bonchev–Trinajstić information content (AvgIpc) is 2.18. The van der Waals surface area contributed by atoms with Crippen LogP contribution in [0.2, 0.25) is 0 Å². The number of carbonyl (C=O) groups excluding carboxylic acids is 1. The Morgan fingerprint density at radius 2 is 2.08 bits per heavy atom. The molecule has 70 valence electrons. The highest BCUT2D eigenvalue weighted by Crippen LogP contribution is 2.09. The second-order valence-corrected chi connectivity index (χ2v) is 2.40. The average molecular weight is 181 g/mol. The van der Waals surface area contributed by atoms with E-state index < -0.39 is 0 Å². The quantitative estimate of drug-likeness (QED) is 0.535. The standard InChI is InChI=1S/C9H11NO3/c1-13-9(12)7-2-4-8(5-3-7)10-6-11/h2-5,10-11H,6H2,1H3. The zero-order valence-corrected chi connectivity index (χ0v) is 7.28. The van der Waals surface area contributed by atoms with Crippen molar-refractivity contribution in [2.24, 2.45) is 0 Å². The molecule has 1 aromatic carbocycles. The third-order valence-corrected chi connectivity index (χ3v) is 1.59. The maximum absolute atomic E-state index is 11.0. The van der Waals surface area contributed by atoms with E-state index in [2.05, 4.69) is 10.1 Å². The van der Waals surface area contributed by atoms with Crippen LogP contribution in [0.1, 0.15) is 10.4 Å². The summed E-state index contributed by atoms with van der Waals surface area (Å²) in [5.74, 6) is -0.365. The number of hydrogen-bond acceptors (Lipinski definition) is 4. The van der Waals surface area contributed by atoms with Gasteiger partial charge in [-0.1, -0.05) is 0 Å². The largest absolute Gasteiger partial charge is 0.465 e. The minimum absolute atomic E-state index is 0.127. The molecule has 13 heavy (non-hydrogen) atoms. The van der Waals surface area contributed by atoms with E-state index in [1.165, 1.54) is 7.11 Å². The fourth-order valence-corrected chi connectivity index (χ4v) is 0.933. The topological polar surface area (TPSA) is 58.6 Å². The van der Waals surface area contributed by atoms with E-state index >= 15 is 0 Å². The first kappa shape index (κ1) is 9.54. The molecule has 0 saturated carbocycles. The van der Waals surface area contributed by atoms with E-state index in [4.69, 9.17) is 5.11 Å². The molecular weight excluding hydrogens is 170 g/mol. The molecule has 4 heteroatoms. The molecule has 0 aliphatic heterocycles. The second-order valence-electron chi connectivity index (χ2n) is 2.40. The van der Waals surface area contributed by atoms with Crippen molar-refractivity contribution in [2.75, 3.05) is 19.2 Å². The molecule has 0 unspecified atom stereocenters. The first-order valence-electron chi connectivity index (χ1n) is 3.81. The molecular formula is C9H11NO3. The number of benzene rings is 1. The van der Waals surface area contributed by atoms with Crippen molar-refractivity contribution in [1.29, 1.82) is 0 Å². The van der Waals surface area contributed by atoms with Gasteiger partial charge < -0.3 is 15.2 Å². The van der Waals surface area contributed by atoms with Crippen molar-refractivity contribution < 1.29 is 14.6 Å². The molecule has 0 saturated heterocycles. The zero-order valence-electron chi connectivity index (χ0n) is 7.28. The Balaban J connectivity index is 2.75. The van der Waals surface area contributed by atoms with Crippen LogP contribution in [0.4, 0.5) is 5.69 Å². The van der Waals surface area contributed by atoms with Crippen LogP contribution in [0.25, 0.3) is 0 Å². The molecule has 0 fully saturated rings. The molecule has 4 nitrogen and oxygen atoms in total. The van der Waals surface area contributed by atoms with Crippen molar-refractivity contribution in [3.8, 4) is 0 Å². The van der Waals surface area contributed by atoms with Crippen molar-refractivity contribution >= 4 is 11.7 Å². The molecule has 2 N–H and O–H groups in total. The summed E-state index contributed by atoms with van der Waals surface area (Å²) in [6.45, 7) is -0.127.